The number of allylic oxidation sites excluding steroid dienone is 3. The SMILES string of the molecule is C[C](C)(C)[Sn][c]1cc2ccccc2n1S(=O)(=O)C1(C)C=C(Cl)C=CC1. The van der Waals surface area contributed by atoms with E-state index in [4.69, 9.17) is 11.6 Å². The minimum absolute atomic E-state index is 0.145. The van der Waals surface area contributed by atoms with Crippen molar-refractivity contribution in [2.75, 3.05) is 0 Å². The summed E-state index contributed by atoms with van der Waals surface area (Å²) in [7, 11) is -3.63. The average Bonchev–Trinajstić information content (AvgIpc) is 2.82. The number of halogens is 1. The fraction of sp³-hybridized carbons (Fsp3) is 0.368. The molecule has 132 valence electrons. The zero-order chi connectivity index (χ0) is 18.5. The molecule has 0 amide bonds. The predicted molar refractivity (Wildman–Crippen MR) is 107 cm³/mol. The number of rotatable bonds is 3. The molecule has 0 bridgehead atoms. The predicted octanol–water partition coefficient (Wildman–Crippen LogP) is 4.21. The van der Waals surface area contributed by atoms with Crippen LogP contribution in [0.4, 0.5) is 0 Å². The molecule has 0 spiro atoms. The van der Waals surface area contributed by atoms with Gasteiger partial charge in [-0.25, -0.2) is 0 Å². The first-order chi connectivity index (χ1) is 11.5. The number of hydrogen-bond donors (Lipinski definition) is 0. The number of fused-ring (bicyclic) bond motifs is 1. The van der Waals surface area contributed by atoms with Crippen LogP contribution in [0.15, 0.2) is 53.6 Å². The summed E-state index contributed by atoms with van der Waals surface area (Å²) in [6, 6.07) is 9.79. The second-order valence-corrected chi connectivity index (χ2v) is 16.8. The summed E-state index contributed by atoms with van der Waals surface area (Å²) in [4.78, 5) is 0. The summed E-state index contributed by atoms with van der Waals surface area (Å²) in [5.41, 5.74) is 0.767. The van der Waals surface area contributed by atoms with Gasteiger partial charge in [-0.1, -0.05) is 0 Å². The Morgan fingerprint density at radius 3 is 2.56 bits per heavy atom. The molecular weight excluding hydrogens is 460 g/mol. The van der Waals surface area contributed by atoms with Crippen LogP contribution in [0.1, 0.15) is 34.1 Å². The Morgan fingerprint density at radius 2 is 1.92 bits per heavy atom. The number of benzene rings is 1. The monoisotopic (exact) mass is 483 g/mol. The van der Waals surface area contributed by atoms with Gasteiger partial charge in [-0.2, -0.15) is 0 Å². The van der Waals surface area contributed by atoms with Crippen molar-refractivity contribution in [1.82, 2.24) is 3.97 Å². The van der Waals surface area contributed by atoms with Gasteiger partial charge in [0, 0.05) is 0 Å². The van der Waals surface area contributed by atoms with Gasteiger partial charge >= 0.3 is 166 Å². The van der Waals surface area contributed by atoms with Gasteiger partial charge in [-0.15, -0.1) is 0 Å². The third-order valence-corrected chi connectivity index (χ3v) is 11.2. The van der Waals surface area contributed by atoms with Gasteiger partial charge in [0.1, 0.15) is 0 Å². The molecule has 0 fully saturated rings. The van der Waals surface area contributed by atoms with Crippen molar-refractivity contribution in [3.63, 3.8) is 0 Å². The molecule has 3 rings (SSSR count). The number of aromatic nitrogens is 1. The van der Waals surface area contributed by atoms with E-state index in [1.165, 1.54) is 0 Å². The zero-order valence-corrected chi connectivity index (χ0v) is 19.3. The van der Waals surface area contributed by atoms with E-state index in [1.807, 2.05) is 30.3 Å². The molecule has 2 aromatic rings. The van der Waals surface area contributed by atoms with E-state index < -0.39 is 35.9 Å². The third-order valence-electron chi connectivity index (χ3n) is 4.24. The Balaban J connectivity index is 2.26. The molecule has 25 heavy (non-hydrogen) atoms. The first-order valence-electron chi connectivity index (χ1n) is 8.22. The number of hydrogen-bond acceptors (Lipinski definition) is 2. The van der Waals surface area contributed by atoms with E-state index in [1.54, 1.807) is 23.0 Å². The van der Waals surface area contributed by atoms with Crippen molar-refractivity contribution >= 4 is 57.4 Å². The van der Waals surface area contributed by atoms with Crippen LogP contribution in [-0.2, 0) is 10.0 Å². The summed E-state index contributed by atoms with van der Waals surface area (Å²) >= 11 is 5.01. The number of para-hydroxylation sites is 1. The van der Waals surface area contributed by atoms with Gasteiger partial charge in [-0.05, 0) is 0 Å². The van der Waals surface area contributed by atoms with Gasteiger partial charge in [0.05, 0.1) is 0 Å². The Morgan fingerprint density at radius 1 is 1.24 bits per heavy atom. The normalized spacial score (nSPS) is 21.6. The molecule has 0 N–H and O–H groups in total. The summed E-state index contributed by atoms with van der Waals surface area (Å²) < 4.78 is 29.1. The molecule has 1 heterocycles. The van der Waals surface area contributed by atoms with Crippen molar-refractivity contribution < 1.29 is 8.42 Å². The average molecular weight is 483 g/mol. The fourth-order valence-electron chi connectivity index (χ4n) is 3.05. The van der Waals surface area contributed by atoms with Gasteiger partial charge in [-0.3, -0.25) is 0 Å². The van der Waals surface area contributed by atoms with Crippen molar-refractivity contribution in [2.45, 2.75) is 42.3 Å². The Bertz CT molecular complexity index is 983. The molecular formula is C19H22ClNO2SSn. The van der Waals surface area contributed by atoms with Gasteiger partial charge in [0.2, 0.25) is 0 Å². The van der Waals surface area contributed by atoms with E-state index in [2.05, 4.69) is 26.8 Å². The Hall–Kier alpha value is -0.721. The number of nitrogens with zero attached hydrogens (tertiary/aromatic N) is 1. The van der Waals surface area contributed by atoms with Crippen molar-refractivity contribution in [2.24, 2.45) is 0 Å². The Labute approximate surface area is 165 Å². The van der Waals surface area contributed by atoms with E-state index in [0.29, 0.717) is 11.5 Å². The van der Waals surface area contributed by atoms with Gasteiger partial charge in [0.15, 0.2) is 0 Å². The fourth-order valence-corrected chi connectivity index (χ4v) is 10.00. The van der Waals surface area contributed by atoms with Crippen LogP contribution in [0.25, 0.3) is 10.9 Å². The van der Waals surface area contributed by atoms with Gasteiger partial charge in [0.25, 0.3) is 0 Å². The van der Waals surface area contributed by atoms with Crippen molar-refractivity contribution in [3.05, 3.63) is 53.6 Å². The third kappa shape index (κ3) is 3.58. The quantitative estimate of drug-likeness (QED) is 0.615. The van der Waals surface area contributed by atoms with E-state index >= 15 is 0 Å². The van der Waals surface area contributed by atoms with E-state index in [0.717, 1.165) is 14.6 Å². The molecule has 0 saturated carbocycles. The second kappa shape index (κ2) is 6.46. The maximum atomic E-state index is 13.7. The van der Waals surface area contributed by atoms with Crippen LogP contribution in [0.2, 0.25) is 3.43 Å². The first-order valence-corrected chi connectivity index (χ1v) is 12.9. The van der Waals surface area contributed by atoms with Crippen molar-refractivity contribution in [1.29, 1.82) is 0 Å². The van der Waals surface area contributed by atoms with Crippen LogP contribution in [0.3, 0.4) is 0 Å². The first kappa shape index (κ1) is 19.1. The molecule has 1 aliphatic carbocycles. The van der Waals surface area contributed by atoms with Crippen LogP contribution in [0, 0.1) is 0 Å². The van der Waals surface area contributed by atoms with Crippen LogP contribution >= 0.6 is 11.6 Å². The molecule has 0 aliphatic heterocycles. The molecule has 1 atom stereocenters. The standard InChI is InChI=1S/C15H13ClNO2S.C4H9.Sn/c1-15(9-4-6-13(16)11-15)20(18,19)17-10-8-12-5-2-3-7-14(12)17;1-4(2)3;/h2-8,11H,9H2,1H3;1-3H3;. The molecule has 1 aliphatic rings. The summed E-state index contributed by atoms with van der Waals surface area (Å²) in [5, 5.41) is 1.46. The van der Waals surface area contributed by atoms with Crippen LogP contribution < -0.4 is 3.71 Å². The Kier molecular flexibility index (Phi) is 4.93. The second-order valence-electron chi connectivity index (χ2n) is 7.68. The molecule has 0 saturated heterocycles. The molecule has 1 aromatic carbocycles. The topological polar surface area (TPSA) is 39.1 Å². The van der Waals surface area contributed by atoms with Crippen LogP contribution in [-0.4, -0.2) is 38.3 Å². The van der Waals surface area contributed by atoms with E-state index in [9.17, 15) is 8.42 Å². The molecule has 1 aromatic heterocycles. The minimum atomic E-state index is -3.63. The maximum absolute atomic E-state index is 13.7. The summed E-state index contributed by atoms with van der Waals surface area (Å²) in [5.74, 6) is 0. The zero-order valence-electron chi connectivity index (χ0n) is 14.9. The molecule has 2 radical (unpaired) electrons. The van der Waals surface area contributed by atoms with Crippen LogP contribution in [0.5, 0.6) is 0 Å². The molecule has 3 nitrogen and oxygen atoms in total. The summed E-state index contributed by atoms with van der Waals surface area (Å²) in [6.45, 7) is 8.33. The van der Waals surface area contributed by atoms with Crippen molar-refractivity contribution in [3.8, 4) is 0 Å². The summed E-state index contributed by atoms with van der Waals surface area (Å²) in [6.07, 6.45) is 5.71. The van der Waals surface area contributed by atoms with Gasteiger partial charge < -0.3 is 0 Å². The van der Waals surface area contributed by atoms with E-state index in [-0.39, 0.29) is 3.43 Å². The molecule has 1 unspecified atom stereocenters. The molecule has 6 heteroatoms.